The van der Waals surface area contributed by atoms with Crippen molar-refractivity contribution in [1.82, 2.24) is 9.80 Å². The molecule has 3 heteroatoms. The summed E-state index contributed by atoms with van der Waals surface area (Å²) in [5.41, 5.74) is 1.02. The first kappa shape index (κ1) is 18.1. The lowest BCUT2D eigenvalue weighted by atomic mass is 9.91. The SMILES string of the molecule is CCCN(CCN(C)C)C(C(C)C)C(O)c1ccccc1. The van der Waals surface area contributed by atoms with Crippen molar-refractivity contribution in [3.8, 4) is 0 Å². The van der Waals surface area contributed by atoms with Crippen LogP contribution >= 0.6 is 0 Å². The Bertz CT molecular complexity index is 378. The minimum absolute atomic E-state index is 0.160. The number of aliphatic hydroxyl groups excluding tert-OH is 1. The zero-order valence-electron chi connectivity index (χ0n) is 14.3. The van der Waals surface area contributed by atoms with E-state index in [0.29, 0.717) is 5.92 Å². The fourth-order valence-electron chi connectivity index (χ4n) is 2.86. The van der Waals surface area contributed by atoms with Crippen LogP contribution in [-0.4, -0.2) is 54.7 Å². The van der Waals surface area contributed by atoms with Crippen LogP contribution in [0.4, 0.5) is 0 Å². The van der Waals surface area contributed by atoms with Gasteiger partial charge in [0.15, 0.2) is 0 Å². The summed E-state index contributed by atoms with van der Waals surface area (Å²) >= 11 is 0. The molecule has 0 aromatic heterocycles. The summed E-state index contributed by atoms with van der Waals surface area (Å²) in [7, 11) is 4.20. The average Bonchev–Trinajstić information content (AvgIpc) is 2.45. The molecule has 0 amide bonds. The minimum Gasteiger partial charge on any atom is -0.387 e. The number of aliphatic hydroxyl groups is 1. The highest BCUT2D eigenvalue weighted by Crippen LogP contribution is 2.26. The Morgan fingerprint density at radius 3 is 2.10 bits per heavy atom. The summed E-state index contributed by atoms with van der Waals surface area (Å²) in [6.45, 7) is 9.65. The molecule has 2 atom stereocenters. The largest absolute Gasteiger partial charge is 0.387 e. The van der Waals surface area contributed by atoms with Crippen molar-refractivity contribution in [2.45, 2.75) is 39.3 Å². The molecule has 0 aliphatic heterocycles. The summed E-state index contributed by atoms with van der Waals surface area (Å²) in [5, 5.41) is 10.9. The maximum absolute atomic E-state index is 10.9. The Labute approximate surface area is 130 Å². The maximum Gasteiger partial charge on any atom is 0.0947 e. The molecule has 120 valence electrons. The zero-order chi connectivity index (χ0) is 15.8. The van der Waals surface area contributed by atoms with Gasteiger partial charge < -0.3 is 10.0 Å². The third-order valence-corrected chi connectivity index (χ3v) is 3.91. The smallest absolute Gasteiger partial charge is 0.0947 e. The number of benzene rings is 1. The monoisotopic (exact) mass is 292 g/mol. The molecule has 21 heavy (non-hydrogen) atoms. The van der Waals surface area contributed by atoms with Gasteiger partial charge in [-0.05, 0) is 38.5 Å². The van der Waals surface area contributed by atoms with Crippen LogP contribution in [0.2, 0.25) is 0 Å². The number of rotatable bonds is 9. The molecule has 3 nitrogen and oxygen atoms in total. The van der Waals surface area contributed by atoms with E-state index in [1.54, 1.807) is 0 Å². The van der Waals surface area contributed by atoms with E-state index in [9.17, 15) is 5.11 Å². The van der Waals surface area contributed by atoms with Crippen molar-refractivity contribution < 1.29 is 5.11 Å². The topological polar surface area (TPSA) is 26.7 Å². The molecule has 0 fully saturated rings. The Morgan fingerprint density at radius 2 is 1.62 bits per heavy atom. The Hall–Kier alpha value is -0.900. The highest BCUT2D eigenvalue weighted by Gasteiger charge is 2.29. The predicted octanol–water partition coefficient (Wildman–Crippen LogP) is 3.02. The summed E-state index contributed by atoms with van der Waals surface area (Å²) in [6.07, 6.45) is 0.679. The Balaban J connectivity index is 2.90. The van der Waals surface area contributed by atoms with Crippen LogP contribution in [0.5, 0.6) is 0 Å². The zero-order valence-corrected chi connectivity index (χ0v) is 14.3. The number of hydrogen-bond donors (Lipinski definition) is 1. The van der Waals surface area contributed by atoms with Gasteiger partial charge in [0.25, 0.3) is 0 Å². The van der Waals surface area contributed by atoms with E-state index in [4.69, 9.17) is 0 Å². The van der Waals surface area contributed by atoms with Crippen LogP contribution in [0.15, 0.2) is 30.3 Å². The molecule has 0 saturated heterocycles. The third kappa shape index (κ3) is 5.77. The summed E-state index contributed by atoms with van der Waals surface area (Å²) < 4.78 is 0. The first-order chi connectivity index (χ1) is 9.97. The van der Waals surface area contributed by atoms with Crippen molar-refractivity contribution in [2.75, 3.05) is 33.7 Å². The van der Waals surface area contributed by atoms with E-state index >= 15 is 0 Å². The number of nitrogens with zero attached hydrogens (tertiary/aromatic N) is 2. The number of likely N-dealkylation sites (N-methyl/N-ethyl adjacent to an activating group) is 1. The molecule has 0 aliphatic rings. The molecule has 0 bridgehead atoms. The first-order valence-electron chi connectivity index (χ1n) is 8.09. The van der Waals surface area contributed by atoms with Gasteiger partial charge >= 0.3 is 0 Å². The maximum atomic E-state index is 10.9. The highest BCUT2D eigenvalue weighted by molar-refractivity contribution is 5.19. The van der Waals surface area contributed by atoms with Crippen LogP contribution in [0.25, 0.3) is 0 Å². The third-order valence-electron chi connectivity index (χ3n) is 3.91. The van der Waals surface area contributed by atoms with Crippen molar-refractivity contribution >= 4 is 0 Å². The minimum atomic E-state index is -0.431. The van der Waals surface area contributed by atoms with Crippen LogP contribution in [0, 0.1) is 5.92 Å². The number of hydrogen-bond acceptors (Lipinski definition) is 3. The fraction of sp³-hybridized carbons (Fsp3) is 0.667. The quantitative estimate of drug-likeness (QED) is 0.758. The summed E-state index contributed by atoms with van der Waals surface area (Å²) in [4.78, 5) is 4.65. The summed E-state index contributed by atoms with van der Waals surface area (Å²) in [6, 6.07) is 10.2. The lowest BCUT2D eigenvalue weighted by Gasteiger charge is -2.38. The second kappa shape index (κ2) is 9.19. The normalized spacial score (nSPS) is 14.9. The molecule has 1 rings (SSSR count). The van der Waals surface area contributed by atoms with E-state index in [2.05, 4.69) is 44.7 Å². The Kier molecular flexibility index (Phi) is 7.94. The van der Waals surface area contributed by atoms with E-state index in [0.717, 1.165) is 31.6 Å². The van der Waals surface area contributed by atoms with E-state index in [1.807, 2.05) is 30.3 Å². The lowest BCUT2D eigenvalue weighted by molar-refractivity contribution is 0.0193. The molecule has 0 aliphatic carbocycles. The molecule has 1 aromatic carbocycles. The Morgan fingerprint density at radius 1 is 1.00 bits per heavy atom. The molecule has 1 aromatic rings. The first-order valence-corrected chi connectivity index (χ1v) is 8.09. The van der Waals surface area contributed by atoms with Crippen LogP contribution in [0.3, 0.4) is 0 Å². The van der Waals surface area contributed by atoms with Gasteiger partial charge in [0.2, 0.25) is 0 Å². The van der Waals surface area contributed by atoms with Gasteiger partial charge in [-0.2, -0.15) is 0 Å². The lowest BCUT2D eigenvalue weighted by Crippen LogP contribution is -2.46. The van der Waals surface area contributed by atoms with Gasteiger partial charge in [-0.3, -0.25) is 4.90 Å². The molecule has 1 N–H and O–H groups in total. The van der Waals surface area contributed by atoms with Crippen LogP contribution in [0.1, 0.15) is 38.9 Å². The average molecular weight is 292 g/mol. The summed E-state index contributed by atoms with van der Waals surface area (Å²) in [5.74, 6) is 0.411. The highest BCUT2D eigenvalue weighted by atomic mass is 16.3. The molecule has 0 saturated carbocycles. The van der Waals surface area contributed by atoms with Crippen molar-refractivity contribution in [2.24, 2.45) is 5.92 Å². The van der Waals surface area contributed by atoms with Crippen LogP contribution < -0.4 is 0 Å². The van der Waals surface area contributed by atoms with Gasteiger partial charge in [0.1, 0.15) is 0 Å². The van der Waals surface area contributed by atoms with E-state index in [-0.39, 0.29) is 6.04 Å². The predicted molar refractivity (Wildman–Crippen MR) is 90.4 cm³/mol. The molecule has 2 unspecified atom stereocenters. The fourth-order valence-corrected chi connectivity index (χ4v) is 2.86. The molecule has 0 radical (unpaired) electrons. The van der Waals surface area contributed by atoms with Gasteiger partial charge in [0.05, 0.1) is 6.10 Å². The van der Waals surface area contributed by atoms with Crippen molar-refractivity contribution in [3.05, 3.63) is 35.9 Å². The van der Waals surface area contributed by atoms with Gasteiger partial charge in [-0.25, -0.2) is 0 Å². The van der Waals surface area contributed by atoms with Crippen molar-refractivity contribution in [3.63, 3.8) is 0 Å². The van der Waals surface area contributed by atoms with Gasteiger partial charge in [-0.1, -0.05) is 51.1 Å². The van der Waals surface area contributed by atoms with Crippen molar-refractivity contribution in [1.29, 1.82) is 0 Å². The van der Waals surface area contributed by atoms with Gasteiger partial charge in [0, 0.05) is 19.1 Å². The molecule has 0 spiro atoms. The standard InChI is InChI=1S/C18H32N2O/c1-6-12-20(14-13-19(4)5)17(15(2)3)18(21)16-10-8-7-9-11-16/h7-11,15,17-18,21H,6,12-14H2,1-5H3. The molecule has 0 heterocycles. The second-order valence-electron chi connectivity index (χ2n) is 6.43. The second-order valence-corrected chi connectivity index (χ2v) is 6.43. The van der Waals surface area contributed by atoms with Crippen LogP contribution in [-0.2, 0) is 0 Å². The molecular formula is C18H32N2O. The van der Waals surface area contributed by atoms with Gasteiger partial charge in [-0.15, -0.1) is 0 Å². The molecular weight excluding hydrogens is 260 g/mol. The van der Waals surface area contributed by atoms with E-state index < -0.39 is 6.10 Å². The van der Waals surface area contributed by atoms with E-state index in [1.165, 1.54) is 0 Å².